The number of nitrogens with two attached hydrogens (primary N) is 1. The molecule has 0 amide bonds. The van der Waals surface area contributed by atoms with Crippen molar-refractivity contribution in [2.45, 2.75) is 37.6 Å². The Morgan fingerprint density at radius 3 is 2.82 bits per heavy atom. The van der Waals surface area contributed by atoms with E-state index in [9.17, 15) is 0 Å². The van der Waals surface area contributed by atoms with E-state index in [0.29, 0.717) is 11.7 Å². The van der Waals surface area contributed by atoms with Gasteiger partial charge in [-0.25, -0.2) is 0 Å². The maximum atomic E-state index is 6.35. The zero-order chi connectivity index (χ0) is 11.7. The predicted octanol–water partition coefficient (Wildman–Crippen LogP) is 2.92. The van der Waals surface area contributed by atoms with Gasteiger partial charge in [0.1, 0.15) is 0 Å². The molecule has 1 saturated carbocycles. The third kappa shape index (κ3) is 2.00. The molecule has 2 heterocycles. The Kier molecular flexibility index (Phi) is 2.72. The number of nitrogens with zero attached hydrogens (tertiary/aromatic N) is 2. The highest BCUT2D eigenvalue weighted by atomic mass is 32.1. The first-order chi connectivity index (χ1) is 8.28. The van der Waals surface area contributed by atoms with Crippen molar-refractivity contribution in [3.63, 3.8) is 0 Å². The van der Waals surface area contributed by atoms with Crippen LogP contribution < -0.4 is 5.73 Å². The molecular formula is C12H15N3OS. The van der Waals surface area contributed by atoms with E-state index in [4.69, 9.17) is 10.3 Å². The van der Waals surface area contributed by atoms with E-state index in [2.05, 4.69) is 10.1 Å². The molecule has 1 fully saturated rings. The molecule has 2 N–H and O–H groups in total. The maximum Gasteiger partial charge on any atom is 0.247 e. The Balaban J connectivity index is 1.89. The molecule has 0 spiro atoms. The van der Waals surface area contributed by atoms with Crippen molar-refractivity contribution in [1.29, 1.82) is 0 Å². The molecule has 17 heavy (non-hydrogen) atoms. The zero-order valence-corrected chi connectivity index (χ0v) is 10.4. The molecule has 0 atom stereocenters. The Hall–Kier alpha value is -1.20. The van der Waals surface area contributed by atoms with Gasteiger partial charge in [0, 0.05) is 10.9 Å². The van der Waals surface area contributed by atoms with Crippen molar-refractivity contribution in [3.05, 3.63) is 22.7 Å². The summed E-state index contributed by atoms with van der Waals surface area (Å²) >= 11 is 1.63. The summed E-state index contributed by atoms with van der Waals surface area (Å²) in [5.41, 5.74) is 6.95. The fourth-order valence-electron chi connectivity index (χ4n) is 2.33. The number of aromatic nitrogens is 2. The lowest BCUT2D eigenvalue weighted by molar-refractivity contribution is 0.220. The molecule has 2 aromatic rings. The summed E-state index contributed by atoms with van der Waals surface area (Å²) in [6.45, 7) is 0. The molecule has 0 radical (unpaired) electrons. The van der Waals surface area contributed by atoms with E-state index in [1.165, 1.54) is 6.42 Å². The van der Waals surface area contributed by atoms with Gasteiger partial charge >= 0.3 is 0 Å². The lowest BCUT2D eigenvalue weighted by Crippen LogP contribution is -2.38. The van der Waals surface area contributed by atoms with Gasteiger partial charge in [0.15, 0.2) is 0 Å². The van der Waals surface area contributed by atoms with Crippen molar-refractivity contribution in [1.82, 2.24) is 10.1 Å². The second kappa shape index (κ2) is 4.23. The molecule has 0 aliphatic heterocycles. The predicted molar refractivity (Wildman–Crippen MR) is 66.6 cm³/mol. The van der Waals surface area contributed by atoms with Crippen LogP contribution in [-0.2, 0) is 5.54 Å². The van der Waals surface area contributed by atoms with Crippen LogP contribution in [-0.4, -0.2) is 10.1 Å². The minimum absolute atomic E-state index is 0.403. The molecule has 1 aliphatic rings. The maximum absolute atomic E-state index is 6.35. The lowest BCUT2D eigenvalue weighted by atomic mass is 9.82. The Bertz CT molecular complexity index is 486. The van der Waals surface area contributed by atoms with Crippen molar-refractivity contribution < 1.29 is 4.52 Å². The Morgan fingerprint density at radius 1 is 1.29 bits per heavy atom. The van der Waals surface area contributed by atoms with Gasteiger partial charge in [-0.3, -0.25) is 0 Å². The van der Waals surface area contributed by atoms with Gasteiger partial charge in [-0.1, -0.05) is 24.4 Å². The SMILES string of the molecule is NC1(c2nc(-c3ccsc3)no2)CCCCC1. The Labute approximate surface area is 104 Å². The van der Waals surface area contributed by atoms with Crippen LogP contribution in [0, 0.1) is 0 Å². The van der Waals surface area contributed by atoms with Gasteiger partial charge in [-0.2, -0.15) is 16.3 Å². The van der Waals surface area contributed by atoms with Crippen LogP contribution in [0.3, 0.4) is 0 Å². The number of rotatable bonds is 2. The summed E-state index contributed by atoms with van der Waals surface area (Å²) in [5.74, 6) is 1.25. The number of hydrogen-bond donors (Lipinski definition) is 1. The largest absolute Gasteiger partial charge is 0.337 e. The summed E-state index contributed by atoms with van der Waals surface area (Å²) in [6.07, 6.45) is 5.43. The third-order valence-electron chi connectivity index (χ3n) is 3.38. The van der Waals surface area contributed by atoms with Crippen LogP contribution in [0.2, 0.25) is 0 Å². The summed E-state index contributed by atoms with van der Waals surface area (Å²) in [5, 5.41) is 8.04. The first-order valence-corrected chi connectivity index (χ1v) is 6.88. The normalized spacial score (nSPS) is 19.4. The minimum Gasteiger partial charge on any atom is -0.337 e. The summed E-state index contributed by atoms with van der Waals surface area (Å²) in [6, 6.07) is 1.99. The minimum atomic E-state index is -0.403. The number of hydrogen-bond acceptors (Lipinski definition) is 5. The summed E-state index contributed by atoms with van der Waals surface area (Å²) < 4.78 is 5.35. The van der Waals surface area contributed by atoms with Crippen LogP contribution in [0.1, 0.15) is 38.0 Å². The fourth-order valence-corrected chi connectivity index (χ4v) is 2.97. The highest BCUT2D eigenvalue weighted by molar-refractivity contribution is 7.08. The van der Waals surface area contributed by atoms with Gasteiger partial charge in [-0.05, 0) is 24.3 Å². The molecule has 2 aromatic heterocycles. The van der Waals surface area contributed by atoms with Crippen molar-refractivity contribution >= 4 is 11.3 Å². The molecule has 0 aromatic carbocycles. The molecule has 90 valence electrons. The molecule has 1 aliphatic carbocycles. The third-order valence-corrected chi connectivity index (χ3v) is 4.06. The topological polar surface area (TPSA) is 64.9 Å². The fraction of sp³-hybridized carbons (Fsp3) is 0.500. The smallest absolute Gasteiger partial charge is 0.247 e. The summed E-state index contributed by atoms with van der Waals surface area (Å²) in [7, 11) is 0. The Morgan fingerprint density at radius 2 is 2.12 bits per heavy atom. The van der Waals surface area contributed by atoms with Gasteiger partial charge in [0.05, 0.1) is 5.54 Å². The highest BCUT2D eigenvalue weighted by Crippen LogP contribution is 2.34. The average Bonchev–Trinajstić information content (AvgIpc) is 3.01. The van der Waals surface area contributed by atoms with Gasteiger partial charge in [0.2, 0.25) is 11.7 Å². The molecule has 0 saturated heterocycles. The molecule has 4 nitrogen and oxygen atoms in total. The monoisotopic (exact) mass is 249 g/mol. The zero-order valence-electron chi connectivity index (χ0n) is 9.56. The van der Waals surface area contributed by atoms with Crippen molar-refractivity contribution in [2.75, 3.05) is 0 Å². The summed E-state index contributed by atoms with van der Waals surface area (Å²) in [4.78, 5) is 4.45. The standard InChI is InChI=1S/C12H15N3OS/c13-12(5-2-1-3-6-12)11-14-10(15-16-11)9-4-7-17-8-9/h4,7-8H,1-3,5-6,13H2. The molecule has 3 rings (SSSR count). The molecule has 0 bridgehead atoms. The quantitative estimate of drug-likeness (QED) is 0.888. The number of thiophene rings is 1. The van der Waals surface area contributed by atoms with Crippen LogP contribution in [0.5, 0.6) is 0 Å². The van der Waals surface area contributed by atoms with Crippen LogP contribution in [0.4, 0.5) is 0 Å². The van der Waals surface area contributed by atoms with E-state index in [-0.39, 0.29) is 0 Å². The van der Waals surface area contributed by atoms with Crippen molar-refractivity contribution in [2.24, 2.45) is 5.73 Å². The van der Waals surface area contributed by atoms with E-state index in [0.717, 1.165) is 31.2 Å². The van der Waals surface area contributed by atoms with E-state index >= 15 is 0 Å². The average molecular weight is 249 g/mol. The van der Waals surface area contributed by atoms with Gasteiger partial charge < -0.3 is 10.3 Å². The first-order valence-electron chi connectivity index (χ1n) is 5.94. The van der Waals surface area contributed by atoms with E-state index in [1.807, 2.05) is 16.8 Å². The molecule has 5 heteroatoms. The van der Waals surface area contributed by atoms with E-state index < -0.39 is 5.54 Å². The van der Waals surface area contributed by atoms with Crippen LogP contribution in [0.25, 0.3) is 11.4 Å². The molecule has 0 unspecified atom stereocenters. The van der Waals surface area contributed by atoms with Crippen LogP contribution in [0.15, 0.2) is 21.3 Å². The second-order valence-electron chi connectivity index (χ2n) is 4.65. The van der Waals surface area contributed by atoms with Gasteiger partial charge in [0.25, 0.3) is 0 Å². The second-order valence-corrected chi connectivity index (χ2v) is 5.43. The lowest BCUT2D eigenvalue weighted by Gasteiger charge is -2.29. The van der Waals surface area contributed by atoms with Gasteiger partial charge in [-0.15, -0.1) is 0 Å². The van der Waals surface area contributed by atoms with Crippen molar-refractivity contribution in [3.8, 4) is 11.4 Å². The van der Waals surface area contributed by atoms with Crippen LogP contribution >= 0.6 is 11.3 Å². The molecular weight excluding hydrogens is 234 g/mol. The highest BCUT2D eigenvalue weighted by Gasteiger charge is 2.35. The van der Waals surface area contributed by atoms with E-state index in [1.54, 1.807) is 11.3 Å². The first kappa shape index (κ1) is 10.9.